The van der Waals surface area contributed by atoms with Crippen LogP contribution in [-0.2, 0) is 9.09 Å². The molecule has 0 fully saturated rings. The summed E-state index contributed by atoms with van der Waals surface area (Å²) in [5, 5.41) is 0. The zero-order valence-electron chi connectivity index (χ0n) is 10.00. The summed E-state index contributed by atoms with van der Waals surface area (Å²) in [5.74, 6) is 0.820. The molecule has 0 aromatic carbocycles. The van der Waals surface area contributed by atoms with Gasteiger partial charge in [0.25, 0.3) is 0 Å². The molecule has 0 spiro atoms. The van der Waals surface area contributed by atoms with Crippen molar-refractivity contribution < 1.29 is 14.0 Å². The van der Waals surface area contributed by atoms with E-state index in [2.05, 4.69) is 18.4 Å². The molecule has 0 heterocycles. The van der Waals surface area contributed by atoms with Gasteiger partial charge in [-0.05, 0) is 12.3 Å². The molecule has 0 saturated carbocycles. The van der Waals surface area contributed by atoms with Crippen molar-refractivity contribution in [2.24, 2.45) is 5.92 Å². The molecule has 4 heteroatoms. The number of hydrogen-bond donors (Lipinski definition) is 1. The third-order valence-corrected chi connectivity index (χ3v) is 2.85. The van der Waals surface area contributed by atoms with Gasteiger partial charge in [0.05, 0.1) is 6.61 Å². The first kappa shape index (κ1) is 15.2. The lowest BCUT2D eigenvalue weighted by molar-refractivity contribution is 0.273. The lowest BCUT2D eigenvalue weighted by atomic mass is 10.0. The highest BCUT2D eigenvalue weighted by atomic mass is 31.1. The van der Waals surface area contributed by atoms with Crippen molar-refractivity contribution in [3.8, 4) is 0 Å². The van der Waals surface area contributed by atoms with E-state index in [9.17, 15) is 4.57 Å². The topological polar surface area (TPSA) is 46.5 Å². The maximum Gasteiger partial charge on any atom is 0.316 e. The summed E-state index contributed by atoms with van der Waals surface area (Å²) >= 11 is 0. The van der Waals surface area contributed by atoms with Crippen LogP contribution in [0.1, 0.15) is 58.8 Å². The first-order valence-electron chi connectivity index (χ1n) is 5.98. The molecule has 0 radical (unpaired) electrons. The molecule has 0 aliphatic carbocycles. The predicted molar refractivity (Wildman–Crippen MR) is 64.3 cm³/mol. The first-order chi connectivity index (χ1) is 7.13. The third-order valence-electron chi connectivity index (χ3n) is 2.40. The summed E-state index contributed by atoms with van der Waals surface area (Å²) in [6.07, 6.45) is 8.48. The summed E-state index contributed by atoms with van der Waals surface area (Å²) in [6.45, 7) is 4.95. The van der Waals surface area contributed by atoms with Crippen LogP contribution in [0.2, 0.25) is 0 Å². The maximum atomic E-state index is 10.2. The van der Waals surface area contributed by atoms with Crippen molar-refractivity contribution in [1.82, 2.24) is 0 Å². The van der Waals surface area contributed by atoms with Gasteiger partial charge in [-0.2, -0.15) is 0 Å². The van der Waals surface area contributed by atoms with Gasteiger partial charge < -0.3 is 9.42 Å². The standard InChI is InChI=1S/C11H25O3P/c1-11(2)9-7-5-3-4-6-8-10-14-15(12)13/h11,15H,3-10H2,1-2H3,(H,12,13). The molecule has 0 aromatic heterocycles. The molecule has 0 saturated heterocycles. The minimum atomic E-state index is -2.70. The zero-order valence-corrected chi connectivity index (χ0v) is 11.0. The van der Waals surface area contributed by atoms with Crippen LogP contribution >= 0.6 is 8.25 Å². The van der Waals surface area contributed by atoms with E-state index in [1.807, 2.05) is 0 Å². The second-order valence-electron chi connectivity index (χ2n) is 4.42. The molecule has 0 aromatic rings. The fourth-order valence-corrected chi connectivity index (χ4v) is 1.84. The average Bonchev–Trinajstić information content (AvgIpc) is 2.14. The molecule has 0 amide bonds. The Morgan fingerprint density at radius 1 is 1.07 bits per heavy atom. The van der Waals surface area contributed by atoms with E-state index in [1.54, 1.807) is 0 Å². The van der Waals surface area contributed by atoms with Crippen LogP contribution < -0.4 is 0 Å². The third kappa shape index (κ3) is 14.2. The van der Waals surface area contributed by atoms with Gasteiger partial charge in [-0.25, -0.2) is 0 Å². The van der Waals surface area contributed by atoms with Gasteiger partial charge in [-0.15, -0.1) is 0 Å². The molecule has 0 bridgehead atoms. The average molecular weight is 236 g/mol. The molecule has 1 N–H and O–H groups in total. The van der Waals surface area contributed by atoms with Crippen molar-refractivity contribution in [2.75, 3.05) is 6.61 Å². The van der Waals surface area contributed by atoms with Crippen LogP contribution in [0.5, 0.6) is 0 Å². The second kappa shape index (κ2) is 10.7. The monoisotopic (exact) mass is 236 g/mol. The number of hydrogen-bond acceptors (Lipinski definition) is 2. The Morgan fingerprint density at radius 2 is 1.60 bits per heavy atom. The predicted octanol–water partition coefficient (Wildman–Crippen LogP) is 3.77. The highest BCUT2D eigenvalue weighted by molar-refractivity contribution is 7.32. The van der Waals surface area contributed by atoms with Gasteiger partial charge in [0.2, 0.25) is 0 Å². The Labute approximate surface area is 94.2 Å². The van der Waals surface area contributed by atoms with Crippen molar-refractivity contribution in [3.63, 3.8) is 0 Å². The molecule has 3 nitrogen and oxygen atoms in total. The maximum absolute atomic E-state index is 10.2. The van der Waals surface area contributed by atoms with E-state index >= 15 is 0 Å². The first-order valence-corrected chi connectivity index (χ1v) is 7.25. The van der Waals surface area contributed by atoms with Crippen LogP contribution in [0.15, 0.2) is 0 Å². The van der Waals surface area contributed by atoms with Gasteiger partial charge in [-0.1, -0.05) is 52.4 Å². The van der Waals surface area contributed by atoms with Gasteiger partial charge in [0.15, 0.2) is 0 Å². The summed E-state index contributed by atoms with van der Waals surface area (Å²) in [4.78, 5) is 8.40. The van der Waals surface area contributed by atoms with Crippen molar-refractivity contribution in [1.29, 1.82) is 0 Å². The van der Waals surface area contributed by atoms with E-state index in [0.717, 1.165) is 18.8 Å². The lowest BCUT2D eigenvalue weighted by Crippen LogP contribution is -1.89. The van der Waals surface area contributed by atoms with Crippen LogP contribution in [0.25, 0.3) is 0 Å². The molecular formula is C11H25O3P. The van der Waals surface area contributed by atoms with Gasteiger partial charge in [0.1, 0.15) is 0 Å². The fourth-order valence-electron chi connectivity index (χ4n) is 1.52. The van der Waals surface area contributed by atoms with Crippen molar-refractivity contribution >= 4 is 8.25 Å². The fraction of sp³-hybridized carbons (Fsp3) is 1.00. The Kier molecular flexibility index (Phi) is 10.8. The normalized spacial score (nSPS) is 13.3. The van der Waals surface area contributed by atoms with Gasteiger partial charge in [-0.3, -0.25) is 4.57 Å². The highest BCUT2D eigenvalue weighted by Crippen LogP contribution is 2.16. The quantitative estimate of drug-likeness (QED) is 0.464. The molecule has 0 rings (SSSR count). The molecular weight excluding hydrogens is 211 g/mol. The van der Waals surface area contributed by atoms with E-state index < -0.39 is 8.25 Å². The Morgan fingerprint density at radius 3 is 2.13 bits per heavy atom. The summed E-state index contributed by atoms with van der Waals surface area (Å²) in [7, 11) is -2.70. The molecule has 1 unspecified atom stereocenters. The van der Waals surface area contributed by atoms with Gasteiger partial charge >= 0.3 is 8.25 Å². The van der Waals surface area contributed by atoms with E-state index in [-0.39, 0.29) is 0 Å². The van der Waals surface area contributed by atoms with E-state index in [0.29, 0.717) is 6.61 Å². The van der Waals surface area contributed by atoms with E-state index in [1.165, 1.54) is 32.1 Å². The van der Waals surface area contributed by atoms with E-state index in [4.69, 9.17) is 4.89 Å². The molecule has 0 aliphatic rings. The smallest absolute Gasteiger partial charge is 0.316 e. The van der Waals surface area contributed by atoms with Crippen LogP contribution in [0, 0.1) is 5.92 Å². The van der Waals surface area contributed by atoms with Crippen LogP contribution in [-0.4, -0.2) is 11.5 Å². The van der Waals surface area contributed by atoms with Crippen molar-refractivity contribution in [2.45, 2.75) is 58.8 Å². The minimum absolute atomic E-state index is 0.431. The zero-order chi connectivity index (χ0) is 11.5. The number of rotatable bonds is 10. The van der Waals surface area contributed by atoms with Crippen LogP contribution in [0.4, 0.5) is 0 Å². The van der Waals surface area contributed by atoms with Gasteiger partial charge in [0, 0.05) is 0 Å². The lowest BCUT2D eigenvalue weighted by Gasteiger charge is -2.04. The van der Waals surface area contributed by atoms with Crippen LogP contribution in [0.3, 0.4) is 0 Å². The summed E-state index contributed by atoms with van der Waals surface area (Å²) in [5.41, 5.74) is 0. The highest BCUT2D eigenvalue weighted by Gasteiger charge is 1.95. The molecule has 0 aliphatic heterocycles. The Balaban J connectivity index is 2.96. The molecule has 1 atom stereocenters. The second-order valence-corrected chi connectivity index (χ2v) is 5.24. The Hall–Kier alpha value is 0.150. The molecule has 92 valence electrons. The number of unbranched alkanes of at least 4 members (excludes halogenated alkanes) is 5. The largest absolute Gasteiger partial charge is 0.326 e. The summed E-state index contributed by atoms with van der Waals surface area (Å²) < 4.78 is 14.8. The Bertz CT molecular complexity index is 160. The molecule has 15 heavy (non-hydrogen) atoms. The minimum Gasteiger partial charge on any atom is -0.326 e. The summed E-state index contributed by atoms with van der Waals surface area (Å²) in [6, 6.07) is 0. The van der Waals surface area contributed by atoms with Crippen molar-refractivity contribution in [3.05, 3.63) is 0 Å². The SMILES string of the molecule is CC(C)CCCCCCCCO[PH](=O)O.